The molecule has 0 N–H and O–H groups in total. The molecule has 0 bridgehead atoms. The van der Waals surface area contributed by atoms with E-state index in [0.29, 0.717) is 0 Å². The molecule has 0 radical (unpaired) electrons. The molecule has 7 aromatic rings. The van der Waals surface area contributed by atoms with Crippen LogP contribution in [0, 0.1) is 0 Å². The molecule has 0 atom stereocenters. The van der Waals surface area contributed by atoms with E-state index < -0.39 is 5.41 Å². The number of fused-ring (bicyclic) bond motifs is 5. The normalized spacial score (nSPS) is 12.6. The van der Waals surface area contributed by atoms with Crippen molar-refractivity contribution in [1.29, 1.82) is 0 Å². The Morgan fingerprint density at radius 1 is 0.524 bits per heavy atom. The molecule has 0 spiro atoms. The van der Waals surface area contributed by atoms with E-state index in [1.807, 2.05) is 11.8 Å². The van der Waals surface area contributed by atoms with Gasteiger partial charge in [0.1, 0.15) is 5.82 Å². The van der Waals surface area contributed by atoms with Gasteiger partial charge in [-0.25, -0.2) is 4.98 Å². The van der Waals surface area contributed by atoms with Crippen LogP contribution < -0.4 is 0 Å². The number of para-hydroxylation sites is 2. The molecule has 0 fully saturated rings. The predicted molar refractivity (Wildman–Crippen MR) is 174 cm³/mol. The molecule has 8 rings (SSSR count). The third-order valence-corrected chi connectivity index (χ3v) is 9.49. The maximum Gasteiger partial charge on any atom is 0.124 e. The molecule has 0 saturated heterocycles. The minimum absolute atomic E-state index is 0.475. The van der Waals surface area contributed by atoms with Gasteiger partial charge in [-0.05, 0) is 63.7 Å². The average Bonchev–Trinajstić information content (AvgIpc) is 3.46. The molecule has 0 amide bonds. The maximum atomic E-state index is 4.94. The summed E-state index contributed by atoms with van der Waals surface area (Å²) in [7, 11) is 0. The number of aromatic nitrogens is 2. The van der Waals surface area contributed by atoms with Crippen LogP contribution >= 0.6 is 11.8 Å². The Morgan fingerprint density at radius 2 is 1.10 bits per heavy atom. The van der Waals surface area contributed by atoms with Crippen molar-refractivity contribution in [3.8, 4) is 16.8 Å². The van der Waals surface area contributed by atoms with Gasteiger partial charge in [-0.3, -0.25) is 4.57 Å². The van der Waals surface area contributed by atoms with Crippen molar-refractivity contribution >= 4 is 22.8 Å². The topological polar surface area (TPSA) is 17.8 Å². The van der Waals surface area contributed by atoms with Crippen molar-refractivity contribution < 1.29 is 0 Å². The first-order chi connectivity index (χ1) is 20.8. The number of imidazole rings is 1. The summed E-state index contributed by atoms with van der Waals surface area (Å²) in [6.45, 7) is 0. The number of rotatable bonds is 5. The molecule has 0 aliphatic carbocycles. The van der Waals surface area contributed by atoms with Gasteiger partial charge in [0, 0.05) is 4.90 Å². The first kappa shape index (κ1) is 24.9. The lowest BCUT2D eigenvalue weighted by molar-refractivity contribution is 0.745. The first-order valence-corrected chi connectivity index (χ1v) is 15.3. The average molecular weight is 557 g/mol. The molecule has 0 saturated carbocycles. The Hall–Kier alpha value is -4.86. The van der Waals surface area contributed by atoms with Crippen molar-refractivity contribution in [3.63, 3.8) is 0 Å². The summed E-state index contributed by atoms with van der Waals surface area (Å²) in [5.41, 5.74) is 10.3. The van der Waals surface area contributed by atoms with Crippen LogP contribution in [0.2, 0.25) is 0 Å². The summed E-state index contributed by atoms with van der Waals surface area (Å²) >= 11 is 1.87. The molecule has 42 heavy (non-hydrogen) atoms. The SMILES string of the molecule is c1ccc(C(c2ccccc2)(c2ccccc2)c2cccc(-c3ccc4c(c3)-n3c(nc5ccccc53)CS4)c2)cc1. The second-order valence-electron chi connectivity index (χ2n) is 10.8. The van der Waals surface area contributed by atoms with Gasteiger partial charge < -0.3 is 0 Å². The molecule has 1 aliphatic heterocycles. The second-order valence-corrected chi connectivity index (χ2v) is 11.8. The molecular formula is C39H28N2S. The number of nitrogens with zero attached hydrogens (tertiary/aromatic N) is 2. The van der Waals surface area contributed by atoms with E-state index in [-0.39, 0.29) is 0 Å². The number of hydrogen-bond acceptors (Lipinski definition) is 2. The lowest BCUT2D eigenvalue weighted by Crippen LogP contribution is -2.31. The zero-order chi connectivity index (χ0) is 27.9. The standard InChI is InChI=1S/C39H28N2S/c1-4-14-30(15-5-1)39(31-16-6-2-7-17-31,32-18-8-3-9-19-32)33-20-12-13-28(25-33)29-23-24-37-36(26-29)41-35-22-11-10-21-34(35)40-38(41)27-42-37/h1-26H,27H2. The molecule has 0 unspecified atom stereocenters. The van der Waals surface area contributed by atoms with E-state index in [2.05, 4.69) is 162 Å². The third-order valence-electron chi connectivity index (χ3n) is 8.44. The zero-order valence-corrected chi connectivity index (χ0v) is 23.8. The lowest BCUT2D eigenvalue weighted by Gasteiger charge is -2.37. The molecule has 2 nitrogen and oxygen atoms in total. The van der Waals surface area contributed by atoms with Crippen LogP contribution in [0.15, 0.2) is 163 Å². The zero-order valence-electron chi connectivity index (χ0n) is 23.0. The van der Waals surface area contributed by atoms with Gasteiger partial charge in [0.15, 0.2) is 0 Å². The Labute approximate surface area is 250 Å². The van der Waals surface area contributed by atoms with Gasteiger partial charge >= 0.3 is 0 Å². The Kier molecular flexibility index (Phi) is 6.05. The number of benzene rings is 6. The fourth-order valence-corrected chi connectivity index (χ4v) is 7.51. The first-order valence-electron chi connectivity index (χ1n) is 14.3. The summed E-state index contributed by atoms with van der Waals surface area (Å²) in [6.07, 6.45) is 0. The van der Waals surface area contributed by atoms with Crippen LogP contribution in [0.3, 0.4) is 0 Å². The minimum Gasteiger partial charge on any atom is -0.294 e. The fourth-order valence-electron chi connectivity index (χ4n) is 6.57. The highest BCUT2D eigenvalue weighted by Crippen LogP contribution is 2.46. The number of hydrogen-bond donors (Lipinski definition) is 0. The lowest BCUT2D eigenvalue weighted by atomic mass is 9.65. The summed E-state index contributed by atoms with van der Waals surface area (Å²) in [5.74, 6) is 1.99. The van der Waals surface area contributed by atoms with Gasteiger partial charge in [-0.2, -0.15) is 0 Å². The van der Waals surface area contributed by atoms with E-state index in [1.165, 1.54) is 44.0 Å². The fraction of sp³-hybridized carbons (Fsp3) is 0.0513. The highest BCUT2D eigenvalue weighted by atomic mass is 32.2. The molecule has 1 aliphatic rings. The van der Waals surface area contributed by atoms with Crippen LogP contribution in [0.5, 0.6) is 0 Å². The minimum atomic E-state index is -0.475. The van der Waals surface area contributed by atoms with Crippen molar-refractivity contribution in [1.82, 2.24) is 9.55 Å². The largest absolute Gasteiger partial charge is 0.294 e. The van der Waals surface area contributed by atoms with Crippen molar-refractivity contribution in [2.75, 3.05) is 0 Å². The molecule has 200 valence electrons. The van der Waals surface area contributed by atoms with Gasteiger partial charge in [0.05, 0.1) is 27.9 Å². The van der Waals surface area contributed by atoms with Crippen molar-refractivity contribution in [2.24, 2.45) is 0 Å². The van der Waals surface area contributed by atoms with E-state index >= 15 is 0 Å². The van der Waals surface area contributed by atoms with Crippen molar-refractivity contribution in [2.45, 2.75) is 16.1 Å². The summed E-state index contributed by atoms with van der Waals surface area (Å²) < 4.78 is 2.34. The predicted octanol–water partition coefficient (Wildman–Crippen LogP) is 9.68. The Bertz CT molecular complexity index is 1930. The maximum absolute atomic E-state index is 4.94. The molecule has 2 heterocycles. The van der Waals surface area contributed by atoms with Crippen LogP contribution in [-0.4, -0.2) is 9.55 Å². The van der Waals surface area contributed by atoms with E-state index in [1.54, 1.807) is 0 Å². The van der Waals surface area contributed by atoms with Crippen LogP contribution in [0.25, 0.3) is 27.8 Å². The monoisotopic (exact) mass is 556 g/mol. The molecule has 1 aromatic heterocycles. The Morgan fingerprint density at radius 3 is 1.76 bits per heavy atom. The molecular weight excluding hydrogens is 529 g/mol. The van der Waals surface area contributed by atoms with E-state index in [4.69, 9.17) is 4.98 Å². The second kappa shape index (κ2) is 10.2. The van der Waals surface area contributed by atoms with Gasteiger partial charge in [0.2, 0.25) is 0 Å². The highest BCUT2D eigenvalue weighted by Gasteiger charge is 2.38. The van der Waals surface area contributed by atoms with Gasteiger partial charge in [-0.1, -0.05) is 127 Å². The quantitative estimate of drug-likeness (QED) is 0.196. The van der Waals surface area contributed by atoms with Crippen molar-refractivity contribution in [3.05, 3.63) is 186 Å². The van der Waals surface area contributed by atoms with E-state index in [0.717, 1.165) is 22.6 Å². The molecule has 3 heteroatoms. The smallest absolute Gasteiger partial charge is 0.124 e. The van der Waals surface area contributed by atoms with Crippen LogP contribution in [-0.2, 0) is 11.2 Å². The highest BCUT2D eigenvalue weighted by molar-refractivity contribution is 7.98. The third kappa shape index (κ3) is 3.93. The van der Waals surface area contributed by atoms with Crippen LogP contribution in [0.4, 0.5) is 0 Å². The number of thioether (sulfide) groups is 1. The van der Waals surface area contributed by atoms with Gasteiger partial charge in [0.25, 0.3) is 0 Å². The summed E-state index contributed by atoms with van der Waals surface area (Å²) in [5, 5.41) is 0. The Balaban J connectivity index is 1.35. The molecule has 6 aromatic carbocycles. The van der Waals surface area contributed by atoms with Gasteiger partial charge in [-0.15, -0.1) is 11.8 Å². The van der Waals surface area contributed by atoms with Crippen LogP contribution in [0.1, 0.15) is 28.1 Å². The summed E-state index contributed by atoms with van der Waals surface area (Å²) in [4.78, 5) is 6.23. The summed E-state index contributed by atoms with van der Waals surface area (Å²) in [6, 6.07) is 57.2. The van der Waals surface area contributed by atoms with E-state index in [9.17, 15) is 0 Å².